The van der Waals surface area contributed by atoms with Crippen molar-refractivity contribution in [2.75, 3.05) is 24.9 Å². The van der Waals surface area contributed by atoms with Crippen LogP contribution in [-0.2, 0) is 14.9 Å². The van der Waals surface area contributed by atoms with E-state index < -0.39 is 22.1 Å². The van der Waals surface area contributed by atoms with Crippen LogP contribution in [0.3, 0.4) is 0 Å². The number of nitrogens with one attached hydrogen (secondary N) is 2. The third kappa shape index (κ3) is 6.01. The summed E-state index contributed by atoms with van der Waals surface area (Å²) in [5.41, 5.74) is 1.62. The Hall–Kier alpha value is -4.05. The molecular weight excluding hydrogens is 448 g/mol. The lowest BCUT2D eigenvalue weighted by Crippen LogP contribution is -2.20. The average Bonchev–Trinajstić information content (AvgIpc) is 2.79. The number of rotatable bonds is 7. The van der Waals surface area contributed by atoms with Crippen molar-refractivity contribution in [3.05, 3.63) is 77.9 Å². The van der Waals surface area contributed by atoms with E-state index in [-0.39, 0.29) is 21.9 Å². The van der Waals surface area contributed by atoms with Gasteiger partial charge < -0.3 is 24.3 Å². The summed E-state index contributed by atoms with van der Waals surface area (Å²) in [7, 11) is -1.64. The molecule has 3 aromatic carbocycles. The molecule has 0 atom stereocenters. The summed E-state index contributed by atoms with van der Waals surface area (Å²) in [6.07, 6.45) is 0. The summed E-state index contributed by atoms with van der Waals surface area (Å²) in [6, 6.07) is 16.2. The van der Waals surface area contributed by atoms with Crippen LogP contribution in [-0.4, -0.2) is 34.6 Å². The molecule has 10 heteroatoms. The zero-order valence-electron chi connectivity index (χ0n) is 18.1. The molecule has 0 fully saturated rings. The molecule has 0 unspecified atom stereocenters. The van der Waals surface area contributed by atoms with Crippen molar-refractivity contribution < 1.29 is 31.7 Å². The zero-order valence-corrected chi connectivity index (χ0v) is 18.9. The van der Waals surface area contributed by atoms with E-state index in [0.717, 1.165) is 12.7 Å². The maximum atomic E-state index is 12.7. The standard InChI is InChI=1S/C23H22N2O7S/c1-15-5-4-6-16(13-15)24-23(27)25-17-7-12-21(20(14-17)22(26)31-3)32-33(28,29)19-10-8-18(30-2)9-11-19/h4-14H,1-3H3,(H2,24,25,27). The van der Waals surface area contributed by atoms with Crippen LogP contribution in [0.15, 0.2) is 71.6 Å². The number of carbonyl (C=O) groups excluding carboxylic acids is 2. The minimum absolute atomic E-state index is 0.126. The predicted octanol–water partition coefficient (Wildman–Crippen LogP) is 4.20. The van der Waals surface area contributed by atoms with Crippen LogP contribution < -0.4 is 19.6 Å². The van der Waals surface area contributed by atoms with Gasteiger partial charge in [0, 0.05) is 11.4 Å². The maximum Gasteiger partial charge on any atom is 0.341 e. The third-order valence-corrected chi connectivity index (χ3v) is 5.71. The number of methoxy groups -OCH3 is 2. The van der Waals surface area contributed by atoms with Gasteiger partial charge in [-0.15, -0.1) is 0 Å². The van der Waals surface area contributed by atoms with Gasteiger partial charge in [0.25, 0.3) is 0 Å². The van der Waals surface area contributed by atoms with E-state index in [9.17, 15) is 18.0 Å². The molecule has 0 heterocycles. The fraction of sp³-hybridized carbons (Fsp3) is 0.130. The highest BCUT2D eigenvalue weighted by Crippen LogP contribution is 2.28. The van der Waals surface area contributed by atoms with Crippen molar-refractivity contribution in [2.24, 2.45) is 0 Å². The van der Waals surface area contributed by atoms with E-state index in [4.69, 9.17) is 13.7 Å². The number of ether oxygens (including phenoxy) is 2. The fourth-order valence-corrected chi connectivity index (χ4v) is 3.82. The number of esters is 1. The second-order valence-electron chi connectivity index (χ2n) is 6.86. The van der Waals surface area contributed by atoms with Gasteiger partial charge in [0.2, 0.25) is 0 Å². The molecule has 3 aromatic rings. The van der Waals surface area contributed by atoms with Crippen molar-refractivity contribution in [3.63, 3.8) is 0 Å². The minimum Gasteiger partial charge on any atom is -0.497 e. The summed E-state index contributed by atoms with van der Waals surface area (Å²) in [4.78, 5) is 24.5. The van der Waals surface area contributed by atoms with E-state index in [0.29, 0.717) is 11.4 Å². The van der Waals surface area contributed by atoms with E-state index in [2.05, 4.69) is 10.6 Å². The van der Waals surface area contributed by atoms with Crippen LogP contribution >= 0.6 is 0 Å². The smallest absolute Gasteiger partial charge is 0.341 e. The molecular formula is C23H22N2O7S. The summed E-state index contributed by atoms with van der Waals surface area (Å²) in [5, 5.41) is 5.26. The molecule has 0 aliphatic rings. The Morgan fingerprint density at radius 1 is 0.848 bits per heavy atom. The second-order valence-corrected chi connectivity index (χ2v) is 8.41. The maximum absolute atomic E-state index is 12.7. The molecule has 3 rings (SSSR count). The minimum atomic E-state index is -4.25. The zero-order chi connectivity index (χ0) is 24.0. The molecule has 0 aliphatic carbocycles. The number of carbonyl (C=O) groups is 2. The molecule has 2 amide bonds. The predicted molar refractivity (Wildman–Crippen MR) is 122 cm³/mol. The van der Waals surface area contributed by atoms with Gasteiger partial charge in [-0.2, -0.15) is 8.42 Å². The van der Waals surface area contributed by atoms with Crippen LogP contribution in [0.25, 0.3) is 0 Å². The Morgan fingerprint density at radius 3 is 2.12 bits per heavy atom. The Labute approximate surface area is 191 Å². The second kappa shape index (κ2) is 10.0. The summed E-state index contributed by atoms with van der Waals surface area (Å²) < 4.78 is 40.3. The van der Waals surface area contributed by atoms with Crippen molar-refractivity contribution in [3.8, 4) is 11.5 Å². The van der Waals surface area contributed by atoms with Crippen LogP contribution in [0, 0.1) is 6.92 Å². The molecule has 0 radical (unpaired) electrons. The number of urea groups is 1. The lowest BCUT2D eigenvalue weighted by atomic mass is 10.2. The lowest BCUT2D eigenvalue weighted by molar-refractivity contribution is 0.0599. The third-order valence-electron chi connectivity index (χ3n) is 4.47. The van der Waals surface area contributed by atoms with Gasteiger partial charge in [-0.25, -0.2) is 9.59 Å². The number of amides is 2. The van der Waals surface area contributed by atoms with E-state index in [1.54, 1.807) is 18.2 Å². The highest BCUT2D eigenvalue weighted by Gasteiger charge is 2.22. The Morgan fingerprint density at radius 2 is 1.52 bits per heavy atom. The summed E-state index contributed by atoms with van der Waals surface area (Å²) in [6.45, 7) is 1.89. The molecule has 0 aliphatic heterocycles. The Balaban J connectivity index is 1.82. The topological polar surface area (TPSA) is 120 Å². The number of benzene rings is 3. The van der Waals surface area contributed by atoms with Gasteiger partial charge in [0.15, 0.2) is 5.75 Å². The van der Waals surface area contributed by atoms with Gasteiger partial charge in [0.1, 0.15) is 16.2 Å². The molecule has 172 valence electrons. The summed E-state index contributed by atoms with van der Waals surface area (Å²) in [5.74, 6) is -0.608. The largest absolute Gasteiger partial charge is 0.497 e. The first kappa shape index (κ1) is 23.6. The first-order valence-corrected chi connectivity index (χ1v) is 11.1. The van der Waals surface area contributed by atoms with Crippen LogP contribution in [0.5, 0.6) is 11.5 Å². The average molecular weight is 471 g/mol. The molecule has 33 heavy (non-hydrogen) atoms. The van der Waals surface area contributed by atoms with Crippen LogP contribution in [0.4, 0.5) is 16.2 Å². The van der Waals surface area contributed by atoms with E-state index in [1.807, 2.05) is 13.0 Å². The molecule has 0 bridgehead atoms. The van der Waals surface area contributed by atoms with Crippen molar-refractivity contribution in [2.45, 2.75) is 11.8 Å². The van der Waals surface area contributed by atoms with Gasteiger partial charge in [-0.3, -0.25) is 0 Å². The number of anilines is 2. The molecule has 0 spiro atoms. The Bertz CT molecular complexity index is 1270. The highest BCUT2D eigenvalue weighted by molar-refractivity contribution is 7.87. The van der Waals surface area contributed by atoms with Gasteiger partial charge in [-0.05, 0) is 67.1 Å². The van der Waals surface area contributed by atoms with Crippen molar-refractivity contribution >= 4 is 33.5 Å². The molecule has 0 aromatic heterocycles. The molecule has 9 nitrogen and oxygen atoms in total. The van der Waals surface area contributed by atoms with Crippen LogP contribution in [0.2, 0.25) is 0 Å². The summed E-state index contributed by atoms with van der Waals surface area (Å²) >= 11 is 0. The first-order valence-electron chi connectivity index (χ1n) is 9.67. The normalized spacial score (nSPS) is 10.8. The number of hydrogen-bond donors (Lipinski definition) is 2. The monoisotopic (exact) mass is 470 g/mol. The highest BCUT2D eigenvalue weighted by atomic mass is 32.2. The number of hydrogen-bond acceptors (Lipinski definition) is 7. The first-order chi connectivity index (χ1) is 15.7. The van der Waals surface area contributed by atoms with Crippen molar-refractivity contribution in [1.29, 1.82) is 0 Å². The van der Waals surface area contributed by atoms with Crippen LogP contribution in [0.1, 0.15) is 15.9 Å². The van der Waals surface area contributed by atoms with Crippen molar-refractivity contribution in [1.82, 2.24) is 0 Å². The quantitative estimate of drug-likeness (QED) is 0.392. The molecule has 2 N–H and O–H groups in total. The SMILES string of the molecule is COC(=O)c1cc(NC(=O)Nc2cccc(C)c2)ccc1OS(=O)(=O)c1ccc(OC)cc1. The van der Waals surface area contributed by atoms with Gasteiger partial charge >= 0.3 is 22.1 Å². The molecule has 0 saturated heterocycles. The Kier molecular flexibility index (Phi) is 7.19. The van der Waals surface area contributed by atoms with Gasteiger partial charge in [-0.1, -0.05) is 12.1 Å². The van der Waals surface area contributed by atoms with Gasteiger partial charge in [0.05, 0.1) is 14.2 Å². The fourth-order valence-electron chi connectivity index (χ4n) is 2.87. The number of aryl methyl sites for hydroxylation is 1. The lowest BCUT2D eigenvalue weighted by Gasteiger charge is -2.13. The molecule has 0 saturated carbocycles. The van der Waals surface area contributed by atoms with E-state index in [1.165, 1.54) is 49.6 Å². The van der Waals surface area contributed by atoms with E-state index >= 15 is 0 Å².